The summed E-state index contributed by atoms with van der Waals surface area (Å²) in [6, 6.07) is 8.05. The molecule has 2 fully saturated rings. The second-order valence-corrected chi connectivity index (χ2v) is 7.96. The predicted molar refractivity (Wildman–Crippen MR) is 81.5 cm³/mol. The van der Waals surface area contributed by atoms with Gasteiger partial charge in [0.25, 0.3) is 0 Å². The lowest BCUT2D eigenvalue weighted by molar-refractivity contribution is 0.246. The average molecular weight is 305 g/mol. The van der Waals surface area contributed by atoms with E-state index in [1.54, 1.807) is 18.2 Å². The summed E-state index contributed by atoms with van der Waals surface area (Å²) < 4.78 is 25.4. The van der Waals surface area contributed by atoms with Crippen molar-refractivity contribution in [2.45, 2.75) is 36.2 Å². The summed E-state index contributed by atoms with van der Waals surface area (Å²) in [5, 5.41) is 0.254. The van der Waals surface area contributed by atoms with E-state index in [-0.39, 0.29) is 5.17 Å². The van der Waals surface area contributed by atoms with Crippen LogP contribution in [0.1, 0.15) is 19.3 Å². The number of rotatable bonds is 0. The Hall–Kier alpha value is -1.40. The minimum Gasteiger partial charge on any atom is -0.345 e. The molecule has 0 spiro atoms. The molecule has 6 heteroatoms. The molecule has 2 bridgehead atoms. The highest BCUT2D eigenvalue weighted by molar-refractivity contribution is 8.06. The first-order valence-electron chi connectivity index (χ1n) is 7.47. The molecule has 4 rings (SSSR count). The van der Waals surface area contributed by atoms with Crippen LogP contribution >= 0.6 is 0 Å². The quantitative estimate of drug-likeness (QED) is 0.731. The van der Waals surface area contributed by atoms with E-state index in [0.717, 1.165) is 25.9 Å². The topological polar surface area (TPSA) is 53.0 Å². The molecule has 21 heavy (non-hydrogen) atoms. The molecule has 2 unspecified atom stereocenters. The van der Waals surface area contributed by atoms with Crippen LogP contribution in [-0.2, 0) is 9.84 Å². The standard InChI is InChI=1S/C15H19N3O2S/c1-17-11-6-7-12(17)10-18(9-8-11)15-16-13-4-2-3-5-14(13)21(15,19)20/h2-5,11-12H,6-10H2,1H3. The summed E-state index contributed by atoms with van der Waals surface area (Å²) in [5.74, 6) is 0. The van der Waals surface area contributed by atoms with Gasteiger partial charge in [-0.15, -0.1) is 0 Å². The van der Waals surface area contributed by atoms with E-state index in [2.05, 4.69) is 16.9 Å². The molecule has 112 valence electrons. The average Bonchev–Trinajstić information content (AvgIpc) is 2.85. The first-order chi connectivity index (χ1) is 10.1. The lowest BCUT2D eigenvalue weighted by Crippen LogP contribution is -2.41. The second-order valence-electron chi connectivity index (χ2n) is 6.15. The monoisotopic (exact) mass is 305 g/mol. The zero-order valence-corrected chi connectivity index (χ0v) is 12.9. The smallest absolute Gasteiger partial charge is 0.241 e. The lowest BCUT2D eigenvalue weighted by Gasteiger charge is -2.26. The zero-order chi connectivity index (χ0) is 14.6. The van der Waals surface area contributed by atoms with Gasteiger partial charge in [0.1, 0.15) is 4.90 Å². The molecule has 0 amide bonds. The number of sulfone groups is 1. The molecule has 3 aliphatic rings. The third kappa shape index (κ3) is 1.92. The Kier molecular flexibility index (Phi) is 2.87. The largest absolute Gasteiger partial charge is 0.345 e. The number of benzene rings is 1. The molecule has 0 saturated carbocycles. The number of nitrogens with zero attached hydrogens (tertiary/aromatic N) is 3. The van der Waals surface area contributed by atoms with Gasteiger partial charge < -0.3 is 4.90 Å². The Morgan fingerprint density at radius 3 is 2.71 bits per heavy atom. The van der Waals surface area contributed by atoms with Crippen LogP contribution < -0.4 is 0 Å². The Bertz CT molecular complexity index is 713. The van der Waals surface area contributed by atoms with Gasteiger partial charge >= 0.3 is 0 Å². The van der Waals surface area contributed by atoms with E-state index in [0.29, 0.717) is 22.7 Å². The van der Waals surface area contributed by atoms with Crippen molar-refractivity contribution < 1.29 is 8.42 Å². The first kappa shape index (κ1) is 13.3. The van der Waals surface area contributed by atoms with Gasteiger partial charge in [0.2, 0.25) is 15.0 Å². The number of amidine groups is 1. The minimum absolute atomic E-state index is 0.254. The summed E-state index contributed by atoms with van der Waals surface area (Å²) in [7, 11) is -1.28. The number of likely N-dealkylation sites (tertiary alicyclic amines) is 1. The van der Waals surface area contributed by atoms with Gasteiger partial charge in [-0.25, -0.2) is 13.4 Å². The van der Waals surface area contributed by atoms with Crippen LogP contribution in [-0.4, -0.2) is 55.6 Å². The van der Waals surface area contributed by atoms with E-state index >= 15 is 0 Å². The van der Waals surface area contributed by atoms with Crippen molar-refractivity contribution in [3.05, 3.63) is 24.3 Å². The highest BCUT2D eigenvalue weighted by Gasteiger charge is 2.40. The predicted octanol–water partition coefficient (Wildman–Crippen LogP) is 1.63. The molecule has 3 aliphatic heterocycles. The number of aliphatic imine (C=N–C) groups is 1. The third-order valence-corrected chi connectivity index (χ3v) is 6.78. The van der Waals surface area contributed by atoms with E-state index < -0.39 is 9.84 Å². The summed E-state index contributed by atoms with van der Waals surface area (Å²) >= 11 is 0. The van der Waals surface area contributed by atoms with Crippen LogP contribution in [0.25, 0.3) is 0 Å². The van der Waals surface area contributed by atoms with Crippen LogP contribution in [0.5, 0.6) is 0 Å². The molecule has 1 aromatic carbocycles. The van der Waals surface area contributed by atoms with Crippen LogP contribution in [0.2, 0.25) is 0 Å². The Morgan fingerprint density at radius 1 is 1.14 bits per heavy atom. The Labute approximate surface area is 125 Å². The number of hydrogen-bond acceptors (Lipinski definition) is 5. The maximum atomic E-state index is 12.7. The normalized spacial score (nSPS) is 30.9. The van der Waals surface area contributed by atoms with Crippen molar-refractivity contribution in [1.82, 2.24) is 9.80 Å². The highest BCUT2D eigenvalue weighted by Crippen LogP contribution is 2.36. The van der Waals surface area contributed by atoms with Crippen LogP contribution in [0, 0.1) is 0 Å². The van der Waals surface area contributed by atoms with Crippen LogP contribution in [0.4, 0.5) is 5.69 Å². The summed E-state index contributed by atoms with van der Waals surface area (Å²) in [4.78, 5) is 9.16. The number of hydrogen-bond donors (Lipinski definition) is 0. The Morgan fingerprint density at radius 2 is 1.90 bits per heavy atom. The van der Waals surface area contributed by atoms with Gasteiger partial charge in [-0.2, -0.15) is 0 Å². The molecule has 0 aliphatic carbocycles. The van der Waals surface area contributed by atoms with Gasteiger partial charge in [-0.1, -0.05) is 12.1 Å². The van der Waals surface area contributed by atoms with Gasteiger partial charge in [0.15, 0.2) is 0 Å². The van der Waals surface area contributed by atoms with E-state index in [1.807, 2.05) is 11.0 Å². The summed E-state index contributed by atoms with van der Waals surface area (Å²) in [5.41, 5.74) is 0.579. The SMILES string of the molecule is CN1C2CCC1CN(C1=Nc3ccccc3S1(=O)=O)CC2. The molecule has 2 saturated heterocycles. The van der Waals surface area contributed by atoms with E-state index in [4.69, 9.17) is 0 Å². The molecule has 5 nitrogen and oxygen atoms in total. The molecule has 0 aromatic heterocycles. The second kappa shape index (κ2) is 4.55. The molecule has 1 aromatic rings. The summed E-state index contributed by atoms with van der Waals surface area (Å²) in [6.07, 6.45) is 3.39. The number of likely N-dealkylation sites (N-methyl/N-ethyl adjacent to an activating group) is 1. The van der Waals surface area contributed by atoms with Crippen LogP contribution in [0.15, 0.2) is 34.2 Å². The first-order valence-corrected chi connectivity index (χ1v) is 8.95. The van der Waals surface area contributed by atoms with Gasteiger partial charge in [0.05, 0.1) is 5.69 Å². The van der Waals surface area contributed by atoms with Crippen molar-refractivity contribution >= 4 is 20.7 Å². The molecule has 2 atom stereocenters. The van der Waals surface area contributed by atoms with Gasteiger partial charge in [-0.3, -0.25) is 4.90 Å². The van der Waals surface area contributed by atoms with Crippen molar-refractivity contribution in [3.63, 3.8) is 0 Å². The Balaban J connectivity index is 1.69. The maximum Gasteiger partial charge on any atom is 0.241 e. The number of fused-ring (bicyclic) bond motifs is 3. The fourth-order valence-electron chi connectivity index (χ4n) is 3.76. The third-order valence-electron chi connectivity index (χ3n) is 5.03. The lowest BCUT2D eigenvalue weighted by atomic mass is 10.1. The molecule has 0 radical (unpaired) electrons. The van der Waals surface area contributed by atoms with Gasteiger partial charge in [0, 0.05) is 25.2 Å². The fourth-order valence-corrected chi connectivity index (χ4v) is 5.33. The van der Waals surface area contributed by atoms with Crippen molar-refractivity contribution in [3.8, 4) is 0 Å². The van der Waals surface area contributed by atoms with Crippen molar-refractivity contribution in [2.24, 2.45) is 4.99 Å². The molecular weight excluding hydrogens is 286 g/mol. The van der Waals surface area contributed by atoms with Crippen molar-refractivity contribution in [1.29, 1.82) is 0 Å². The summed E-state index contributed by atoms with van der Waals surface area (Å²) in [6.45, 7) is 1.54. The maximum absolute atomic E-state index is 12.7. The number of para-hydroxylation sites is 1. The molecule has 0 N–H and O–H groups in total. The molecular formula is C15H19N3O2S. The van der Waals surface area contributed by atoms with Crippen LogP contribution in [0.3, 0.4) is 0 Å². The fraction of sp³-hybridized carbons (Fsp3) is 0.533. The minimum atomic E-state index is -3.44. The van der Waals surface area contributed by atoms with Crippen molar-refractivity contribution in [2.75, 3.05) is 20.1 Å². The van der Waals surface area contributed by atoms with E-state index in [1.165, 1.54) is 6.42 Å². The van der Waals surface area contributed by atoms with Gasteiger partial charge in [-0.05, 0) is 38.4 Å². The zero-order valence-electron chi connectivity index (χ0n) is 12.1. The van der Waals surface area contributed by atoms with E-state index in [9.17, 15) is 8.42 Å². The highest BCUT2D eigenvalue weighted by atomic mass is 32.2. The molecule has 3 heterocycles.